The highest BCUT2D eigenvalue weighted by molar-refractivity contribution is 4.67. The third-order valence-electron chi connectivity index (χ3n) is 2.31. The van der Waals surface area contributed by atoms with E-state index in [1.165, 1.54) is 19.3 Å². The van der Waals surface area contributed by atoms with Crippen LogP contribution < -0.4 is 5.32 Å². The van der Waals surface area contributed by atoms with Crippen LogP contribution in [0.2, 0.25) is 0 Å². The number of hydrogen-bond donors (Lipinski definition) is 1. The van der Waals surface area contributed by atoms with Crippen molar-refractivity contribution in [2.24, 2.45) is 5.92 Å². The summed E-state index contributed by atoms with van der Waals surface area (Å²) in [6.45, 7) is 10.2. The minimum atomic E-state index is 0.690. The fourth-order valence-electron chi connectivity index (χ4n) is 1.28. The van der Waals surface area contributed by atoms with E-state index >= 15 is 0 Å². The van der Waals surface area contributed by atoms with Gasteiger partial charge in [-0.3, -0.25) is 0 Å². The van der Waals surface area contributed by atoms with Crippen LogP contribution in [0.15, 0.2) is 0 Å². The Bertz CT molecular complexity index is 80.9. The maximum absolute atomic E-state index is 3.52. The lowest BCUT2D eigenvalue weighted by atomic mass is 9.98. The zero-order chi connectivity index (χ0) is 8.69. The first-order valence-electron chi connectivity index (χ1n) is 4.95. The van der Waals surface area contributed by atoms with Gasteiger partial charge in [0.15, 0.2) is 0 Å². The summed E-state index contributed by atoms with van der Waals surface area (Å²) in [5.74, 6) is 0.826. The second-order valence-electron chi connectivity index (χ2n) is 3.51. The van der Waals surface area contributed by atoms with Gasteiger partial charge in [0.25, 0.3) is 0 Å². The molecule has 0 aliphatic rings. The van der Waals surface area contributed by atoms with Crippen molar-refractivity contribution in [3.63, 3.8) is 0 Å². The molecule has 2 atom stereocenters. The minimum Gasteiger partial charge on any atom is -0.314 e. The van der Waals surface area contributed by atoms with Crippen molar-refractivity contribution in [2.45, 2.75) is 53.0 Å². The van der Waals surface area contributed by atoms with E-state index in [0.29, 0.717) is 6.04 Å². The van der Waals surface area contributed by atoms with Crippen molar-refractivity contribution in [2.75, 3.05) is 6.54 Å². The van der Waals surface area contributed by atoms with Crippen LogP contribution in [0.4, 0.5) is 0 Å². The molecule has 0 rings (SSSR count). The first kappa shape index (κ1) is 11.0. The molecule has 11 heavy (non-hydrogen) atoms. The fraction of sp³-hybridized carbons (Fsp3) is 1.00. The van der Waals surface area contributed by atoms with Crippen molar-refractivity contribution in [3.8, 4) is 0 Å². The van der Waals surface area contributed by atoms with Gasteiger partial charge < -0.3 is 5.32 Å². The molecule has 0 saturated heterocycles. The maximum Gasteiger partial charge on any atom is 0.00643 e. The summed E-state index contributed by atoms with van der Waals surface area (Å²) < 4.78 is 0. The highest BCUT2D eigenvalue weighted by Crippen LogP contribution is 2.09. The van der Waals surface area contributed by atoms with Crippen LogP contribution in [0.5, 0.6) is 0 Å². The summed E-state index contributed by atoms with van der Waals surface area (Å²) in [4.78, 5) is 0. The largest absolute Gasteiger partial charge is 0.314 e. The van der Waals surface area contributed by atoms with Crippen LogP contribution in [0, 0.1) is 5.92 Å². The molecule has 0 bridgehead atoms. The van der Waals surface area contributed by atoms with Crippen molar-refractivity contribution < 1.29 is 0 Å². The van der Waals surface area contributed by atoms with E-state index in [9.17, 15) is 0 Å². The summed E-state index contributed by atoms with van der Waals surface area (Å²) in [5.41, 5.74) is 0. The van der Waals surface area contributed by atoms with E-state index in [2.05, 4.69) is 33.0 Å². The van der Waals surface area contributed by atoms with Crippen LogP contribution >= 0.6 is 0 Å². The zero-order valence-corrected chi connectivity index (χ0v) is 8.48. The lowest BCUT2D eigenvalue weighted by molar-refractivity contribution is 0.377. The van der Waals surface area contributed by atoms with E-state index in [1.54, 1.807) is 0 Å². The Kier molecular flexibility index (Phi) is 6.63. The molecule has 0 unspecified atom stereocenters. The maximum atomic E-state index is 3.52. The van der Waals surface area contributed by atoms with E-state index in [0.717, 1.165) is 12.5 Å². The van der Waals surface area contributed by atoms with Gasteiger partial charge in [0, 0.05) is 6.04 Å². The fourth-order valence-corrected chi connectivity index (χ4v) is 1.28. The standard InChI is InChI=1S/C10H23N/c1-5-7-9(3)10(4)11-8-6-2/h9-11H,5-8H2,1-4H3/t9-,10+/m1/s1. The van der Waals surface area contributed by atoms with Crippen LogP contribution in [0.1, 0.15) is 47.0 Å². The second kappa shape index (κ2) is 6.66. The molecule has 0 aromatic heterocycles. The Balaban J connectivity index is 3.38. The van der Waals surface area contributed by atoms with Crippen molar-refractivity contribution >= 4 is 0 Å². The Morgan fingerprint density at radius 3 is 2.18 bits per heavy atom. The summed E-state index contributed by atoms with van der Waals surface area (Å²) in [6, 6.07) is 0.690. The lowest BCUT2D eigenvalue weighted by Gasteiger charge is -2.20. The molecule has 1 nitrogen and oxygen atoms in total. The topological polar surface area (TPSA) is 12.0 Å². The van der Waals surface area contributed by atoms with E-state index in [-0.39, 0.29) is 0 Å². The molecule has 0 aliphatic heterocycles. The molecule has 0 heterocycles. The summed E-state index contributed by atoms with van der Waals surface area (Å²) in [7, 11) is 0. The van der Waals surface area contributed by atoms with Gasteiger partial charge in [-0.2, -0.15) is 0 Å². The summed E-state index contributed by atoms with van der Waals surface area (Å²) in [5, 5.41) is 3.52. The van der Waals surface area contributed by atoms with E-state index in [4.69, 9.17) is 0 Å². The Hall–Kier alpha value is -0.0400. The van der Waals surface area contributed by atoms with E-state index < -0.39 is 0 Å². The molecule has 0 aromatic carbocycles. The molecular formula is C10H23N. The highest BCUT2D eigenvalue weighted by Gasteiger charge is 2.08. The van der Waals surface area contributed by atoms with Gasteiger partial charge in [-0.05, 0) is 32.2 Å². The van der Waals surface area contributed by atoms with E-state index in [1.807, 2.05) is 0 Å². The van der Waals surface area contributed by atoms with Crippen molar-refractivity contribution in [1.82, 2.24) is 5.32 Å². The Morgan fingerprint density at radius 1 is 1.09 bits per heavy atom. The summed E-state index contributed by atoms with van der Waals surface area (Å²) in [6.07, 6.45) is 3.89. The normalized spacial score (nSPS) is 16.4. The minimum absolute atomic E-state index is 0.690. The van der Waals surface area contributed by atoms with Crippen LogP contribution in [-0.4, -0.2) is 12.6 Å². The van der Waals surface area contributed by atoms with Crippen LogP contribution in [-0.2, 0) is 0 Å². The van der Waals surface area contributed by atoms with Gasteiger partial charge in [0.2, 0.25) is 0 Å². The van der Waals surface area contributed by atoms with Gasteiger partial charge in [0.05, 0.1) is 0 Å². The average Bonchev–Trinajstić information content (AvgIpc) is 2.00. The third kappa shape index (κ3) is 5.25. The first-order valence-corrected chi connectivity index (χ1v) is 4.95. The third-order valence-corrected chi connectivity index (χ3v) is 2.31. The molecule has 1 N–H and O–H groups in total. The van der Waals surface area contributed by atoms with Gasteiger partial charge in [-0.25, -0.2) is 0 Å². The molecule has 0 saturated carbocycles. The summed E-state index contributed by atoms with van der Waals surface area (Å²) >= 11 is 0. The Morgan fingerprint density at radius 2 is 1.73 bits per heavy atom. The number of hydrogen-bond acceptors (Lipinski definition) is 1. The monoisotopic (exact) mass is 157 g/mol. The molecule has 0 aliphatic carbocycles. The molecule has 68 valence electrons. The van der Waals surface area contributed by atoms with Gasteiger partial charge in [0.1, 0.15) is 0 Å². The highest BCUT2D eigenvalue weighted by atomic mass is 14.9. The molecule has 1 heteroatoms. The number of rotatable bonds is 6. The quantitative estimate of drug-likeness (QED) is 0.625. The van der Waals surface area contributed by atoms with Crippen LogP contribution in [0.3, 0.4) is 0 Å². The second-order valence-corrected chi connectivity index (χ2v) is 3.51. The predicted octanol–water partition coefficient (Wildman–Crippen LogP) is 2.81. The molecule has 0 radical (unpaired) electrons. The number of nitrogens with one attached hydrogen (secondary N) is 1. The molecule has 0 spiro atoms. The molecule has 0 fully saturated rings. The molecular weight excluding hydrogens is 134 g/mol. The smallest absolute Gasteiger partial charge is 0.00643 e. The van der Waals surface area contributed by atoms with Gasteiger partial charge in [-0.15, -0.1) is 0 Å². The van der Waals surface area contributed by atoms with Gasteiger partial charge >= 0.3 is 0 Å². The molecule has 0 amide bonds. The molecule has 0 aromatic rings. The first-order chi connectivity index (χ1) is 5.22. The predicted molar refractivity (Wildman–Crippen MR) is 51.8 cm³/mol. The van der Waals surface area contributed by atoms with Crippen LogP contribution in [0.25, 0.3) is 0 Å². The van der Waals surface area contributed by atoms with Gasteiger partial charge in [-0.1, -0.05) is 27.2 Å². The lowest BCUT2D eigenvalue weighted by Crippen LogP contribution is -2.32. The van der Waals surface area contributed by atoms with Crippen molar-refractivity contribution in [1.29, 1.82) is 0 Å². The Labute approximate surface area is 71.6 Å². The SMILES string of the molecule is CCCN[C@@H](C)[C@H](C)CCC. The van der Waals surface area contributed by atoms with Crippen molar-refractivity contribution in [3.05, 3.63) is 0 Å². The average molecular weight is 157 g/mol. The zero-order valence-electron chi connectivity index (χ0n) is 8.48.